The Morgan fingerprint density at radius 1 is 0.567 bits per heavy atom. The summed E-state index contributed by atoms with van der Waals surface area (Å²) in [6.07, 6.45) is 0. The largest absolute Gasteiger partial charge is 0.378 e. The van der Waals surface area contributed by atoms with Crippen molar-refractivity contribution in [3.8, 4) is 0 Å². The molecule has 0 bridgehead atoms. The fraction of sp³-hybridized carbons (Fsp3) is 0.111. The minimum absolute atomic E-state index is 0.446. The maximum Gasteiger partial charge on any atom is 0.0474 e. The highest BCUT2D eigenvalue weighted by atomic mass is 35.5. The minimum atomic E-state index is -0.446. The van der Waals surface area contributed by atoms with Crippen molar-refractivity contribution in [2.24, 2.45) is 0 Å². The molecule has 0 aliphatic rings. The zero-order valence-corrected chi connectivity index (χ0v) is 19.1. The lowest BCUT2D eigenvalue weighted by atomic mass is 10.2. The molecule has 0 spiro atoms. The first kappa shape index (κ1) is 22.1. The highest BCUT2D eigenvalue weighted by Crippen LogP contribution is 2.32. The average Bonchev–Trinajstić information content (AvgIpc) is 2.82. The van der Waals surface area contributed by atoms with E-state index in [0.29, 0.717) is 5.88 Å². The molecule has 4 aromatic carbocycles. The molecule has 1 nitrogen and oxygen atoms in total. The van der Waals surface area contributed by atoms with E-state index in [9.17, 15) is 0 Å². The third-order valence-corrected chi connectivity index (χ3v) is 7.40. The van der Waals surface area contributed by atoms with E-state index in [1.54, 1.807) is 0 Å². The number of nitrogens with zero attached hydrogens (tertiary/aromatic N) is 1. The Bertz CT molecular complexity index is 893. The van der Waals surface area contributed by atoms with Crippen molar-refractivity contribution in [3.63, 3.8) is 0 Å². The van der Waals surface area contributed by atoms with E-state index in [-0.39, 0.29) is 0 Å². The molecule has 0 aromatic heterocycles. The van der Waals surface area contributed by atoms with E-state index in [4.69, 9.17) is 11.6 Å². The van der Waals surface area contributed by atoms with Crippen LogP contribution in [0.3, 0.4) is 0 Å². The second-order valence-electron chi connectivity index (χ2n) is 7.04. The normalized spacial score (nSPS) is 10.3. The first-order valence-corrected chi connectivity index (χ1v) is 11.8. The Morgan fingerprint density at radius 2 is 0.933 bits per heavy atom. The molecule has 3 heteroatoms. The molecule has 0 N–H and O–H groups in total. The third kappa shape index (κ3) is 6.20. The second kappa shape index (κ2) is 11.6. The SMILES string of the molecule is CN(C)c1ccc(CCl)cc1.c1ccc(P(c2ccccc2)c2ccccc2)cc1. The molecule has 152 valence electrons. The number of anilines is 1. The molecule has 30 heavy (non-hydrogen) atoms. The third-order valence-electron chi connectivity index (χ3n) is 4.65. The van der Waals surface area contributed by atoms with Crippen LogP contribution in [-0.4, -0.2) is 14.1 Å². The van der Waals surface area contributed by atoms with Gasteiger partial charge in [-0.25, -0.2) is 0 Å². The zero-order chi connectivity index (χ0) is 21.2. The quantitative estimate of drug-likeness (QED) is 0.279. The summed E-state index contributed by atoms with van der Waals surface area (Å²) in [6.45, 7) is 0. The molecule has 0 radical (unpaired) electrons. The van der Waals surface area contributed by atoms with Gasteiger partial charge in [0, 0.05) is 25.7 Å². The molecule has 0 amide bonds. The van der Waals surface area contributed by atoms with Gasteiger partial charge in [-0.3, -0.25) is 0 Å². The number of hydrogen-bond donors (Lipinski definition) is 0. The van der Waals surface area contributed by atoms with E-state index in [1.807, 2.05) is 26.2 Å². The topological polar surface area (TPSA) is 3.24 Å². The van der Waals surface area contributed by atoms with Crippen LogP contribution in [0.25, 0.3) is 0 Å². The van der Waals surface area contributed by atoms with Crippen molar-refractivity contribution < 1.29 is 0 Å². The number of alkyl halides is 1. The number of halogens is 1. The van der Waals surface area contributed by atoms with E-state index in [0.717, 1.165) is 5.56 Å². The van der Waals surface area contributed by atoms with Crippen LogP contribution < -0.4 is 20.8 Å². The molecule has 0 aliphatic carbocycles. The summed E-state index contributed by atoms with van der Waals surface area (Å²) in [7, 11) is 3.60. The minimum Gasteiger partial charge on any atom is -0.378 e. The summed E-state index contributed by atoms with van der Waals surface area (Å²) in [5, 5.41) is 4.19. The van der Waals surface area contributed by atoms with Crippen LogP contribution in [0.5, 0.6) is 0 Å². The monoisotopic (exact) mass is 431 g/mol. The molecule has 0 aliphatic heterocycles. The van der Waals surface area contributed by atoms with Gasteiger partial charge in [-0.05, 0) is 41.5 Å². The summed E-state index contributed by atoms with van der Waals surface area (Å²) in [5.41, 5.74) is 2.37. The predicted octanol–water partition coefficient (Wildman–Crippen LogP) is 5.94. The van der Waals surface area contributed by atoms with Gasteiger partial charge < -0.3 is 4.90 Å². The lowest BCUT2D eigenvalue weighted by molar-refractivity contribution is 1.13. The molecule has 0 unspecified atom stereocenters. The highest BCUT2D eigenvalue weighted by Gasteiger charge is 2.14. The summed E-state index contributed by atoms with van der Waals surface area (Å²) in [6, 6.07) is 40.5. The number of hydrogen-bond acceptors (Lipinski definition) is 1. The van der Waals surface area contributed by atoms with Gasteiger partial charge >= 0.3 is 0 Å². The molecule has 0 atom stereocenters. The van der Waals surface area contributed by atoms with Crippen LogP contribution in [0.15, 0.2) is 115 Å². The number of benzene rings is 4. The molecule has 0 heterocycles. The fourth-order valence-electron chi connectivity index (χ4n) is 3.06. The molecular weight excluding hydrogens is 405 g/mol. The molecular formula is C27H27ClNP. The lowest BCUT2D eigenvalue weighted by Gasteiger charge is -2.18. The van der Waals surface area contributed by atoms with Gasteiger partial charge in [0.15, 0.2) is 0 Å². The van der Waals surface area contributed by atoms with Gasteiger partial charge in [0.25, 0.3) is 0 Å². The van der Waals surface area contributed by atoms with Gasteiger partial charge in [-0.15, -0.1) is 11.6 Å². The van der Waals surface area contributed by atoms with Crippen LogP contribution >= 0.6 is 19.5 Å². The van der Waals surface area contributed by atoms with Crippen molar-refractivity contribution in [1.82, 2.24) is 0 Å². The Labute approximate surface area is 186 Å². The Hall–Kier alpha value is -2.60. The first-order chi connectivity index (χ1) is 14.7. The molecule has 0 fully saturated rings. The maximum absolute atomic E-state index is 5.65. The second-order valence-corrected chi connectivity index (χ2v) is 9.52. The summed E-state index contributed by atoms with van der Waals surface area (Å²) < 4.78 is 0. The zero-order valence-electron chi connectivity index (χ0n) is 17.4. The first-order valence-electron chi connectivity index (χ1n) is 9.96. The van der Waals surface area contributed by atoms with E-state index < -0.39 is 7.92 Å². The lowest BCUT2D eigenvalue weighted by Crippen LogP contribution is -2.20. The van der Waals surface area contributed by atoms with Gasteiger partial charge in [0.1, 0.15) is 0 Å². The Morgan fingerprint density at radius 3 is 1.23 bits per heavy atom. The molecule has 4 aromatic rings. The van der Waals surface area contributed by atoms with Crippen molar-refractivity contribution in [2.75, 3.05) is 19.0 Å². The molecule has 0 saturated carbocycles. The standard InChI is InChI=1S/C18H15P.C9H12ClN/c1-4-10-16(11-5-1)19(17-12-6-2-7-13-17)18-14-8-3-9-15-18;1-11(2)9-5-3-8(7-10)4-6-9/h1-15H;3-6H,7H2,1-2H3. The molecule has 0 saturated heterocycles. The smallest absolute Gasteiger partial charge is 0.0474 e. The Kier molecular flexibility index (Phi) is 8.51. The van der Waals surface area contributed by atoms with E-state index >= 15 is 0 Å². The van der Waals surface area contributed by atoms with Gasteiger partial charge in [0.05, 0.1) is 0 Å². The summed E-state index contributed by atoms with van der Waals surface area (Å²) in [5.74, 6) is 0.591. The van der Waals surface area contributed by atoms with Crippen LogP contribution in [0.2, 0.25) is 0 Å². The van der Waals surface area contributed by atoms with Crippen molar-refractivity contribution >= 4 is 41.1 Å². The van der Waals surface area contributed by atoms with Crippen LogP contribution in [0, 0.1) is 0 Å². The van der Waals surface area contributed by atoms with Crippen LogP contribution in [0.4, 0.5) is 5.69 Å². The van der Waals surface area contributed by atoms with Gasteiger partial charge in [0.2, 0.25) is 0 Å². The van der Waals surface area contributed by atoms with E-state index in [1.165, 1.54) is 21.6 Å². The van der Waals surface area contributed by atoms with Crippen molar-refractivity contribution in [2.45, 2.75) is 5.88 Å². The van der Waals surface area contributed by atoms with Gasteiger partial charge in [-0.1, -0.05) is 103 Å². The van der Waals surface area contributed by atoms with E-state index in [2.05, 4.69) is 108 Å². The fourth-order valence-corrected chi connectivity index (χ4v) is 5.55. The van der Waals surface area contributed by atoms with Crippen molar-refractivity contribution in [3.05, 3.63) is 121 Å². The summed E-state index contributed by atoms with van der Waals surface area (Å²) >= 11 is 5.65. The van der Waals surface area contributed by atoms with Gasteiger partial charge in [-0.2, -0.15) is 0 Å². The van der Waals surface area contributed by atoms with Crippen LogP contribution in [0.1, 0.15) is 5.56 Å². The average molecular weight is 432 g/mol. The van der Waals surface area contributed by atoms with Crippen LogP contribution in [-0.2, 0) is 5.88 Å². The maximum atomic E-state index is 5.65. The predicted molar refractivity (Wildman–Crippen MR) is 135 cm³/mol. The Balaban J connectivity index is 0.000000199. The molecule has 4 rings (SSSR count). The van der Waals surface area contributed by atoms with Crippen molar-refractivity contribution in [1.29, 1.82) is 0 Å². The highest BCUT2D eigenvalue weighted by molar-refractivity contribution is 7.79. The number of rotatable bonds is 5. The summed E-state index contributed by atoms with van der Waals surface area (Å²) in [4.78, 5) is 2.07.